The number of ether oxygens (including phenoxy) is 1. The van der Waals surface area contributed by atoms with Gasteiger partial charge in [0, 0.05) is 5.56 Å². The van der Waals surface area contributed by atoms with Crippen molar-refractivity contribution in [3.63, 3.8) is 0 Å². The predicted molar refractivity (Wildman–Crippen MR) is 71.0 cm³/mol. The first kappa shape index (κ1) is 15.0. The zero-order valence-corrected chi connectivity index (χ0v) is 11.6. The Balaban J connectivity index is 2.87. The van der Waals surface area contributed by atoms with Gasteiger partial charge >= 0.3 is 6.09 Å². The molecule has 5 heteroatoms. The largest absolute Gasteiger partial charge is 0.508 e. The molecule has 0 spiro atoms. The number of amides is 1. The van der Waals surface area contributed by atoms with Gasteiger partial charge in [0.2, 0.25) is 0 Å². The van der Waals surface area contributed by atoms with Crippen molar-refractivity contribution in [3.05, 3.63) is 29.3 Å². The molecule has 1 atom stereocenters. The average Bonchev–Trinajstić information content (AvgIpc) is 2.27. The van der Waals surface area contributed by atoms with Crippen LogP contribution >= 0.6 is 0 Å². The van der Waals surface area contributed by atoms with Crippen molar-refractivity contribution in [2.24, 2.45) is 0 Å². The molecule has 1 amide bonds. The van der Waals surface area contributed by atoms with E-state index in [0.717, 1.165) is 5.56 Å². The van der Waals surface area contributed by atoms with Gasteiger partial charge in [-0.15, -0.1) is 0 Å². The number of rotatable bonds is 3. The number of aromatic hydroxyl groups is 1. The molecule has 2 N–H and O–H groups in total. The molecule has 1 unspecified atom stereocenters. The molecule has 0 bridgehead atoms. The van der Waals surface area contributed by atoms with Gasteiger partial charge in [-0.1, -0.05) is 11.6 Å². The van der Waals surface area contributed by atoms with Gasteiger partial charge in [-0.3, -0.25) is 0 Å². The van der Waals surface area contributed by atoms with Crippen LogP contribution in [0.2, 0.25) is 0 Å². The normalized spacial score (nSPS) is 12.6. The van der Waals surface area contributed by atoms with Crippen LogP contribution in [0.5, 0.6) is 5.75 Å². The molecule has 0 aliphatic rings. The van der Waals surface area contributed by atoms with Crippen LogP contribution in [0.1, 0.15) is 37.9 Å². The Labute approximate surface area is 112 Å². The van der Waals surface area contributed by atoms with Crippen LogP contribution in [0.15, 0.2) is 18.2 Å². The number of aldehydes is 1. The number of carbonyl (C=O) groups is 2. The monoisotopic (exact) mass is 265 g/mol. The van der Waals surface area contributed by atoms with E-state index >= 15 is 0 Å². The molecule has 0 aromatic heterocycles. The van der Waals surface area contributed by atoms with Crippen molar-refractivity contribution < 1.29 is 19.4 Å². The number of phenolic OH excluding ortho intramolecular Hbond substituents is 1. The first-order chi connectivity index (χ1) is 8.73. The summed E-state index contributed by atoms with van der Waals surface area (Å²) in [6, 6.07) is 3.91. The van der Waals surface area contributed by atoms with Crippen molar-refractivity contribution in [3.8, 4) is 5.75 Å². The van der Waals surface area contributed by atoms with Crippen LogP contribution in [0, 0.1) is 6.92 Å². The minimum Gasteiger partial charge on any atom is -0.508 e. The highest BCUT2D eigenvalue weighted by molar-refractivity contribution is 5.75. The van der Waals surface area contributed by atoms with Gasteiger partial charge < -0.3 is 20.0 Å². The smallest absolute Gasteiger partial charge is 0.408 e. The second-order valence-corrected chi connectivity index (χ2v) is 5.32. The Morgan fingerprint density at radius 1 is 1.42 bits per heavy atom. The standard InChI is InChI=1S/C14H19NO4/c1-9-5-6-12(17)10(7-9)11(8-16)15-13(18)19-14(2,3)4/h5-8,11,17H,1-4H3,(H,15,18). The second kappa shape index (κ2) is 5.73. The molecule has 0 heterocycles. The lowest BCUT2D eigenvalue weighted by Crippen LogP contribution is -2.35. The molecule has 19 heavy (non-hydrogen) atoms. The van der Waals surface area contributed by atoms with Gasteiger partial charge in [0.05, 0.1) is 0 Å². The van der Waals surface area contributed by atoms with Gasteiger partial charge in [-0.05, 0) is 39.8 Å². The van der Waals surface area contributed by atoms with Crippen LogP contribution in [-0.4, -0.2) is 23.1 Å². The van der Waals surface area contributed by atoms with E-state index in [2.05, 4.69) is 5.32 Å². The number of hydrogen-bond acceptors (Lipinski definition) is 4. The molecule has 5 nitrogen and oxygen atoms in total. The molecular formula is C14H19NO4. The molecule has 0 saturated carbocycles. The van der Waals surface area contributed by atoms with Gasteiger partial charge in [0.15, 0.2) is 0 Å². The molecule has 0 fully saturated rings. The van der Waals surface area contributed by atoms with Crippen molar-refractivity contribution >= 4 is 12.4 Å². The summed E-state index contributed by atoms with van der Waals surface area (Å²) in [5.74, 6) is -0.0428. The maximum atomic E-state index is 11.6. The molecule has 1 aromatic carbocycles. The van der Waals surface area contributed by atoms with Crippen LogP contribution in [0.3, 0.4) is 0 Å². The average molecular weight is 265 g/mol. The number of hydrogen-bond donors (Lipinski definition) is 2. The molecule has 0 aliphatic heterocycles. The van der Waals surface area contributed by atoms with E-state index in [1.54, 1.807) is 32.9 Å². The SMILES string of the molecule is Cc1ccc(O)c(C(C=O)NC(=O)OC(C)(C)C)c1. The van der Waals surface area contributed by atoms with E-state index in [1.165, 1.54) is 6.07 Å². The minimum absolute atomic E-state index is 0.0428. The summed E-state index contributed by atoms with van der Waals surface area (Å²) in [5, 5.41) is 12.1. The maximum absolute atomic E-state index is 11.6. The molecule has 0 radical (unpaired) electrons. The van der Waals surface area contributed by atoms with Crippen molar-refractivity contribution in [2.75, 3.05) is 0 Å². The van der Waals surface area contributed by atoms with E-state index in [1.807, 2.05) is 6.92 Å². The number of aryl methyl sites for hydroxylation is 1. The number of carbonyl (C=O) groups excluding carboxylic acids is 2. The van der Waals surface area contributed by atoms with Crippen molar-refractivity contribution in [1.29, 1.82) is 0 Å². The summed E-state index contributed by atoms with van der Waals surface area (Å²) >= 11 is 0. The highest BCUT2D eigenvalue weighted by Crippen LogP contribution is 2.24. The van der Waals surface area contributed by atoms with Gasteiger partial charge in [0.25, 0.3) is 0 Å². The summed E-state index contributed by atoms with van der Waals surface area (Å²) in [4.78, 5) is 22.7. The fourth-order valence-electron chi connectivity index (χ4n) is 1.54. The lowest BCUT2D eigenvalue weighted by atomic mass is 10.0. The number of benzene rings is 1. The minimum atomic E-state index is -0.935. The van der Waals surface area contributed by atoms with Crippen LogP contribution in [0.25, 0.3) is 0 Å². The summed E-state index contributed by atoms with van der Waals surface area (Å²) in [5.41, 5.74) is 0.582. The highest BCUT2D eigenvalue weighted by atomic mass is 16.6. The van der Waals surface area contributed by atoms with E-state index < -0.39 is 17.7 Å². The molecular weight excluding hydrogens is 246 g/mol. The van der Waals surface area contributed by atoms with Gasteiger partial charge in [0.1, 0.15) is 23.7 Å². The lowest BCUT2D eigenvalue weighted by Gasteiger charge is -2.22. The zero-order chi connectivity index (χ0) is 14.6. The van der Waals surface area contributed by atoms with Crippen LogP contribution in [0.4, 0.5) is 4.79 Å². The summed E-state index contributed by atoms with van der Waals surface area (Å²) < 4.78 is 5.07. The molecule has 1 rings (SSSR count). The lowest BCUT2D eigenvalue weighted by molar-refractivity contribution is -0.109. The Morgan fingerprint density at radius 2 is 2.05 bits per heavy atom. The van der Waals surface area contributed by atoms with Crippen molar-refractivity contribution in [2.45, 2.75) is 39.3 Å². The zero-order valence-electron chi connectivity index (χ0n) is 11.6. The summed E-state index contributed by atoms with van der Waals surface area (Å²) in [7, 11) is 0. The van der Waals surface area contributed by atoms with Gasteiger partial charge in [-0.2, -0.15) is 0 Å². The van der Waals surface area contributed by atoms with E-state index in [-0.39, 0.29) is 5.75 Å². The third-order valence-corrected chi connectivity index (χ3v) is 2.33. The van der Waals surface area contributed by atoms with E-state index in [9.17, 15) is 14.7 Å². The maximum Gasteiger partial charge on any atom is 0.408 e. The Hall–Kier alpha value is -2.04. The molecule has 0 saturated heterocycles. The number of alkyl carbamates (subject to hydrolysis) is 1. The van der Waals surface area contributed by atoms with Gasteiger partial charge in [-0.25, -0.2) is 4.79 Å². The fourth-order valence-corrected chi connectivity index (χ4v) is 1.54. The summed E-state index contributed by atoms with van der Waals surface area (Å²) in [6.07, 6.45) is -0.149. The first-order valence-electron chi connectivity index (χ1n) is 5.97. The summed E-state index contributed by atoms with van der Waals surface area (Å²) in [6.45, 7) is 7.02. The van der Waals surface area contributed by atoms with Crippen LogP contribution in [-0.2, 0) is 9.53 Å². The molecule has 104 valence electrons. The van der Waals surface area contributed by atoms with Crippen molar-refractivity contribution in [1.82, 2.24) is 5.32 Å². The Kier molecular flexibility index (Phi) is 4.53. The molecule has 1 aromatic rings. The highest BCUT2D eigenvalue weighted by Gasteiger charge is 2.21. The third kappa shape index (κ3) is 4.62. The predicted octanol–water partition coefficient (Wildman–Crippen LogP) is 2.47. The fraction of sp³-hybridized carbons (Fsp3) is 0.429. The Bertz CT molecular complexity index is 477. The van der Waals surface area contributed by atoms with Crippen LogP contribution < -0.4 is 5.32 Å². The molecule has 0 aliphatic carbocycles. The third-order valence-electron chi connectivity index (χ3n) is 2.33. The van der Waals surface area contributed by atoms with E-state index in [4.69, 9.17) is 4.74 Å². The number of nitrogens with one attached hydrogen (secondary N) is 1. The number of phenols is 1. The quantitative estimate of drug-likeness (QED) is 0.823. The topological polar surface area (TPSA) is 75.6 Å². The second-order valence-electron chi connectivity index (χ2n) is 5.32. The van der Waals surface area contributed by atoms with E-state index in [0.29, 0.717) is 11.8 Å². The first-order valence-corrected chi connectivity index (χ1v) is 5.97. The Morgan fingerprint density at radius 3 is 2.58 bits per heavy atom.